The minimum atomic E-state index is -4.62. The maximum atomic E-state index is 12.5. The Kier molecular flexibility index (Phi) is 3.27. The summed E-state index contributed by atoms with van der Waals surface area (Å²) in [5, 5.41) is 2.82. The van der Waals surface area contributed by atoms with Gasteiger partial charge in [0.1, 0.15) is 0 Å². The average molecular weight is 261 g/mol. The first kappa shape index (κ1) is 12.8. The third-order valence-electron chi connectivity index (χ3n) is 2.67. The Hall–Kier alpha value is -1.60. The van der Waals surface area contributed by atoms with Gasteiger partial charge >= 0.3 is 6.18 Å². The van der Waals surface area contributed by atoms with E-state index >= 15 is 0 Å². The van der Waals surface area contributed by atoms with Gasteiger partial charge in [0.25, 0.3) is 0 Å². The number of halogens is 3. The number of rotatable bonds is 4. The van der Waals surface area contributed by atoms with E-state index in [1.165, 1.54) is 12.8 Å². The predicted molar refractivity (Wildman–Crippen MR) is 59.7 cm³/mol. The Morgan fingerprint density at radius 3 is 2.56 bits per heavy atom. The summed E-state index contributed by atoms with van der Waals surface area (Å²) in [6, 6.07) is 0.0142. The Morgan fingerprint density at radius 2 is 2.00 bits per heavy atom. The van der Waals surface area contributed by atoms with Crippen LogP contribution >= 0.6 is 0 Å². The molecule has 0 saturated heterocycles. The molecule has 0 bridgehead atoms. The molecular weight excluding hydrogens is 247 g/mol. The summed E-state index contributed by atoms with van der Waals surface area (Å²) in [6.07, 6.45) is -1.36. The lowest BCUT2D eigenvalue weighted by atomic mass is 10.2. The van der Waals surface area contributed by atoms with Crippen LogP contribution < -0.4 is 11.1 Å². The Balaban J connectivity index is 2.09. The zero-order valence-electron chi connectivity index (χ0n) is 9.83. The number of nitrogens with zero attached hydrogens (tertiary/aromatic N) is 3. The second-order valence-corrected chi connectivity index (χ2v) is 4.56. The quantitative estimate of drug-likeness (QED) is 0.867. The molecule has 1 atom stereocenters. The largest absolute Gasteiger partial charge is 0.451 e. The molecule has 0 spiro atoms. The molecular formula is C10H14F3N5. The molecule has 1 aliphatic carbocycles. The summed E-state index contributed by atoms with van der Waals surface area (Å²) in [6.45, 7) is 1.88. The molecule has 3 N–H and O–H groups in total. The van der Waals surface area contributed by atoms with Crippen LogP contribution in [0.5, 0.6) is 0 Å². The highest BCUT2D eigenvalue weighted by atomic mass is 19.4. The highest BCUT2D eigenvalue weighted by Crippen LogP contribution is 2.34. The highest BCUT2D eigenvalue weighted by molar-refractivity contribution is 5.32. The summed E-state index contributed by atoms with van der Waals surface area (Å²) in [5.74, 6) is -1.16. The monoisotopic (exact) mass is 261 g/mol. The first-order valence-electron chi connectivity index (χ1n) is 5.70. The van der Waals surface area contributed by atoms with Crippen LogP contribution in [0.4, 0.5) is 25.1 Å². The number of nitrogen functional groups attached to an aromatic ring is 1. The molecule has 100 valence electrons. The van der Waals surface area contributed by atoms with E-state index in [1.54, 1.807) is 0 Å². The van der Waals surface area contributed by atoms with Crippen LogP contribution in [-0.2, 0) is 6.18 Å². The lowest BCUT2D eigenvalue weighted by Crippen LogP contribution is -2.21. The van der Waals surface area contributed by atoms with E-state index in [0.29, 0.717) is 5.92 Å². The molecule has 1 saturated carbocycles. The molecule has 1 aliphatic rings. The third-order valence-corrected chi connectivity index (χ3v) is 2.67. The van der Waals surface area contributed by atoms with E-state index < -0.39 is 17.9 Å². The van der Waals surface area contributed by atoms with Gasteiger partial charge in [-0.3, -0.25) is 0 Å². The number of nitrogens with two attached hydrogens (primary N) is 1. The molecule has 0 aromatic carbocycles. The summed E-state index contributed by atoms with van der Waals surface area (Å²) in [5.41, 5.74) is 5.24. The van der Waals surface area contributed by atoms with Crippen molar-refractivity contribution in [1.82, 2.24) is 15.0 Å². The van der Waals surface area contributed by atoms with Crippen molar-refractivity contribution in [2.24, 2.45) is 5.92 Å². The van der Waals surface area contributed by atoms with Crippen LogP contribution in [0.3, 0.4) is 0 Å². The van der Waals surface area contributed by atoms with Gasteiger partial charge in [-0.25, -0.2) is 0 Å². The summed E-state index contributed by atoms with van der Waals surface area (Å²) in [4.78, 5) is 10.1. The first-order chi connectivity index (χ1) is 8.34. The van der Waals surface area contributed by atoms with E-state index in [2.05, 4.69) is 20.3 Å². The lowest BCUT2D eigenvalue weighted by molar-refractivity contribution is -0.144. The Bertz CT molecular complexity index is 430. The van der Waals surface area contributed by atoms with Gasteiger partial charge in [0.15, 0.2) is 0 Å². The van der Waals surface area contributed by atoms with Gasteiger partial charge in [0.2, 0.25) is 17.7 Å². The van der Waals surface area contributed by atoms with Crippen molar-refractivity contribution in [1.29, 1.82) is 0 Å². The maximum Gasteiger partial charge on any atom is 0.451 e. The van der Waals surface area contributed by atoms with E-state index in [-0.39, 0.29) is 12.0 Å². The fourth-order valence-corrected chi connectivity index (χ4v) is 1.72. The van der Waals surface area contributed by atoms with Gasteiger partial charge in [-0.15, -0.1) is 0 Å². The molecule has 0 aliphatic heterocycles. The number of hydrogen-bond acceptors (Lipinski definition) is 5. The Morgan fingerprint density at radius 1 is 1.33 bits per heavy atom. The van der Waals surface area contributed by atoms with E-state index in [9.17, 15) is 13.2 Å². The SMILES string of the molecule is CC(CC1CC1)Nc1nc(N)nc(C(F)(F)F)n1. The normalized spacial score (nSPS) is 17.6. The van der Waals surface area contributed by atoms with Crippen molar-refractivity contribution in [3.05, 3.63) is 5.82 Å². The van der Waals surface area contributed by atoms with Crippen molar-refractivity contribution in [2.75, 3.05) is 11.1 Å². The third kappa shape index (κ3) is 3.44. The van der Waals surface area contributed by atoms with Crippen LogP contribution in [-0.4, -0.2) is 21.0 Å². The summed E-state index contributed by atoms with van der Waals surface area (Å²) < 4.78 is 37.4. The van der Waals surface area contributed by atoms with Gasteiger partial charge in [0.05, 0.1) is 0 Å². The second-order valence-electron chi connectivity index (χ2n) is 4.56. The number of aromatic nitrogens is 3. The molecule has 2 rings (SSSR count). The minimum Gasteiger partial charge on any atom is -0.368 e. The molecule has 0 amide bonds. The zero-order chi connectivity index (χ0) is 13.3. The second kappa shape index (κ2) is 4.58. The van der Waals surface area contributed by atoms with Crippen molar-refractivity contribution in [3.63, 3.8) is 0 Å². The van der Waals surface area contributed by atoms with Gasteiger partial charge in [-0.2, -0.15) is 28.1 Å². The number of alkyl halides is 3. The maximum absolute atomic E-state index is 12.5. The standard InChI is InChI=1S/C10H14F3N5/c1-5(4-6-2-3-6)15-9-17-7(10(11,12)13)16-8(14)18-9/h5-6H,2-4H2,1H3,(H3,14,15,16,17,18). The van der Waals surface area contributed by atoms with Crippen LogP contribution in [0, 0.1) is 5.92 Å². The summed E-state index contributed by atoms with van der Waals surface area (Å²) >= 11 is 0. The topological polar surface area (TPSA) is 76.7 Å². The minimum absolute atomic E-state index is 0.0142. The molecule has 1 aromatic rings. The van der Waals surface area contributed by atoms with Crippen molar-refractivity contribution in [3.8, 4) is 0 Å². The van der Waals surface area contributed by atoms with Gasteiger partial charge in [-0.1, -0.05) is 12.8 Å². The molecule has 1 heterocycles. The van der Waals surface area contributed by atoms with Gasteiger partial charge in [0, 0.05) is 6.04 Å². The Labute approximate surface area is 102 Å². The number of nitrogens with one attached hydrogen (secondary N) is 1. The average Bonchev–Trinajstić information content (AvgIpc) is 2.98. The molecule has 0 radical (unpaired) electrons. The highest BCUT2D eigenvalue weighted by Gasteiger charge is 2.36. The fraction of sp³-hybridized carbons (Fsp3) is 0.700. The predicted octanol–water partition coefficient (Wildman–Crippen LogP) is 2.07. The van der Waals surface area contributed by atoms with Crippen molar-refractivity contribution in [2.45, 2.75) is 38.4 Å². The molecule has 8 heteroatoms. The van der Waals surface area contributed by atoms with E-state index in [0.717, 1.165) is 6.42 Å². The fourth-order valence-electron chi connectivity index (χ4n) is 1.72. The van der Waals surface area contributed by atoms with Crippen LogP contribution in [0.2, 0.25) is 0 Å². The van der Waals surface area contributed by atoms with Gasteiger partial charge < -0.3 is 11.1 Å². The van der Waals surface area contributed by atoms with Crippen LogP contribution in [0.15, 0.2) is 0 Å². The molecule has 1 aromatic heterocycles. The number of hydrogen-bond donors (Lipinski definition) is 2. The molecule has 5 nitrogen and oxygen atoms in total. The number of anilines is 2. The van der Waals surface area contributed by atoms with Crippen molar-refractivity contribution >= 4 is 11.9 Å². The van der Waals surface area contributed by atoms with E-state index in [1.807, 2.05) is 6.92 Å². The summed E-state index contributed by atoms with van der Waals surface area (Å²) in [7, 11) is 0. The zero-order valence-corrected chi connectivity index (χ0v) is 9.83. The smallest absolute Gasteiger partial charge is 0.368 e. The van der Waals surface area contributed by atoms with Gasteiger partial charge in [-0.05, 0) is 19.3 Å². The van der Waals surface area contributed by atoms with Crippen LogP contribution in [0.1, 0.15) is 32.0 Å². The molecule has 1 fully saturated rings. The lowest BCUT2D eigenvalue weighted by Gasteiger charge is -2.14. The van der Waals surface area contributed by atoms with E-state index in [4.69, 9.17) is 5.73 Å². The molecule has 18 heavy (non-hydrogen) atoms. The first-order valence-corrected chi connectivity index (χ1v) is 5.70. The van der Waals surface area contributed by atoms with Crippen LogP contribution in [0.25, 0.3) is 0 Å². The van der Waals surface area contributed by atoms with Crippen molar-refractivity contribution < 1.29 is 13.2 Å². The molecule has 1 unspecified atom stereocenters.